The number of aryl methyl sites for hydroxylation is 1. The molecule has 8 nitrogen and oxygen atoms in total. The molecule has 0 aliphatic rings. The number of aromatic nitrogens is 3. The van der Waals surface area contributed by atoms with E-state index in [1.54, 1.807) is 17.8 Å². The van der Waals surface area contributed by atoms with E-state index in [4.69, 9.17) is 11.6 Å². The molecule has 2 heterocycles. The molecule has 26 heavy (non-hydrogen) atoms. The van der Waals surface area contributed by atoms with Gasteiger partial charge in [0.2, 0.25) is 0 Å². The maximum Gasteiger partial charge on any atom is 0.269 e. The largest absolute Gasteiger partial charge is 0.340 e. The van der Waals surface area contributed by atoms with Crippen molar-refractivity contribution in [1.82, 2.24) is 24.8 Å². The van der Waals surface area contributed by atoms with E-state index < -0.39 is 27.3 Å². The molecular formula is C14H11ClFN5O3S2. The van der Waals surface area contributed by atoms with Gasteiger partial charge in [-0.25, -0.2) is 17.8 Å². The molecule has 0 fully saturated rings. The van der Waals surface area contributed by atoms with Crippen LogP contribution in [0.25, 0.3) is 11.3 Å². The van der Waals surface area contributed by atoms with Gasteiger partial charge in [-0.1, -0.05) is 11.6 Å². The van der Waals surface area contributed by atoms with Crippen molar-refractivity contribution in [3.63, 3.8) is 0 Å². The average molecular weight is 416 g/mol. The van der Waals surface area contributed by atoms with Crippen LogP contribution in [0, 0.1) is 5.82 Å². The van der Waals surface area contributed by atoms with Crippen molar-refractivity contribution in [1.29, 1.82) is 0 Å². The monoisotopic (exact) mass is 415 g/mol. The maximum absolute atomic E-state index is 14.2. The van der Waals surface area contributed by atoms with Gasteiger partial charge in [-0.15, -0.1) is 16.2 Å². The number of rotatable bonds is 5. The number of imidazole rings is 1. The van der Waals surface area contributed by atoms with Crippen molar-refractivity contribution in [2.24, 2.45) is 7.05 Å². The molecule has 0 radical (unpaired) electrons. The molecule has 0 saturated heterocycles. The Bertz CT molecular complexity index is 1070. The third-order valence-corrected chi connectivity index (χ3v) is 6.04. The number of halogens is 2. The van der Waals surface area contributed by atoms with Crippen LogP contribution >= 0.6 is 22.9 Å². The van der Waals surface area contributed by atoms with Gasteiger partial charge < -0.3 is 4.57 Å². The van der Waals surface area contributed by atoms with E-state index in [1.165, 1.54) is 24.0 Å². The first-order valence-corrected chi connectivity index (χ1v) is 9.70. The topological polar surface area (TPSA) is 106 Å². The Labute approximate surface area is 156 Å². The Kier molecular flexibility index (Phi) is 5.05. The average Bonchev–Trinajstić information content (AvgIpc) is 3.27. The summed E-state index contributed by atoms with van der Waals surface area (Å²) in [5.74, 6) is -1.98. The molecule has 3 aromatic rings. The molecule has 136 valence electrons. The second-order valence-corrected chi connectivity index (χ2v) is 8.33. The minimum absolute atomic E-state index is 0.0986. The maximum atomic E-state index is 14.2. The summed E-state index contributed by atoms with van der Waals surface area (Å²) in [5.41, 5.74) is 3.75. The van der Waals surface area contributed by atoms with Crippen molar-refractivity contribution >= 4 is 38.9 Å². The van der Waals surface area contributed by atoms with Crippen LogP contribution in [0.4, 0.5) is 4.39 Å². The fourth-order valence-electron chi connectivity index (χ4n) is 2.03. The summed E-state index contributed by atoms with van der Waals surface area (Å²) in [6.45, 7) is 0. The van der Waals surface area contributed by atoms with Crippen LogP contribution < -0.4 is 10.3 Å². The Balaban J connectivity index is 1.86. The molecule has 0 atom stereocenters. The first-order chi connectivity index (χ1) is 12.3. The van der Waals surface area contributed by atoms with Gasteiger partial charge in [0.25, 0.3) is 15.9 Å². The molecule has 12 heteroatoms. The standard InChI is InChI=1S/C14H11ClFN5O3S2/c1-21-5-11(18-6-21)8-2-9(13(16)10(15)3-8)14(22)19-20-26(23,24)12-4-17-7-25-12/h2-7,20H,1H3,(H,19,22). The van der Waals surface area contributed by atoms with Gasteiger partial charge in [0.05, 0.1) is 34.3 Å². The second kappa shape index (κ2) is 7.11. The lowest BCUT2D eigenvalue weighted by Crippen LogP contribution is -2.41. The molecule has 0 unspecified atom stereocenters. The van der Waals surface area contributed by atoms with Crippen molar-refractivity contribution in [2.75, 3.05) is 0 Å². The van der Waals surface area contributed by atoms with Crippen molar-refractivity contribution in [2.45, 2.75) is 4.21 Å². The predicted octanol–water partition coefficient (Wildman–Crippen LogP) is 1.96. The SMILES string of the molecule is Cn1cnc(-c2cc(Cl)c(F)c(C(=O)NNS(=O)(=O)c3cncs3)c2)c1. The zero-order valence-electron chi connectivity index (χ0n) is 13.1. The van der Waals surface area contributed by atoms with E-state index in [2.05, 4.69) is 9.97 Å². The number of nitrogens with one attached hydrogen (secondary N) is 2. The molecule has 0 bridgehead atoms. The molecule has 1 amide bonds. The zero-order chi connectivity index (χ0) is 18.9. The first-order valence-electron chi connectivity index (χ1n) is 6.96. The zero-order valence-corrected chi connectivity index (χ0v) is 15.5. The summed E-state index contributed by atoms with van der Waals surface area (Å²) < 4.78 is 39.8. The summed E-state index contributed by atoms with van der Waals surface area (Å²) >= 11 is 6.72. The number of amides is 1. The summed E-state index contributed by atoms with van der Waals surface area (Å²) in [5, 5.41) is -0.288. The van der Waals surface area contributed by atoms with Crippen LogP contribution in [-0.4, -0.2) is 28.9 Å². The minimum atomic E-state index is -4.00. The number of thiazole rings is 1. The van der Waals surface area contributed by atoms with E-state index in [1.807, 2.05) is 10.3 Å². The summed E-state index contributed by atoms with van der Waals surface area (Å²) in [7, 11) is -2.25. The minimum Gasteiger partial charge on any atom is -0.340 e. The predicted molar refractivity (Wildman–Crippen MR) is 93.5 cm³/mol. The van der Waals surface area contributed by atoms with Crippen molar-refractivity contribution < 1.29 is 17.6 Å². The van der Waals surface area contributed by atoms with Gasteiger partial charge in [0.1, 0.15) is 0 Å². The third-order valence-electron chi connectivity index (χ3n) is 3.25. The lowest BCUT2D eigenvalue weighted by Gasteiger charge is -2.09. The highest BCUT2D eigenvalue weighted by Gasteiger charge is 2.21. The van der Waals surface area contributed by atoms with Crippen molar-refractivity contribution in [3.05, 3.63) is 52.8 Å². The lowest BCUT2D eigenvalue weighted by atomic mass is 10.1. The first kappa shape index (κ1) is 18.5. The highest BCUT2D eigenvalue weighted by Crippen LogP contribution is 2.27. The van der Waals surface area contributed by atoms with Gasteiger partial charge >= 0.3 is 0 Å². The van der Waals surface area contributed by atoms with Gasteiger partial charge in [0, 0.05) is 18.8 Å². The molecule has 0 spiro atoms. The van der Waals surface area contributed by atoms with E-state index in [0.29, 0.717) is 11.3 Å². The lowest BCUT2D eigenvalue weighted by molar-refractivity contribution is 0.0941. The number of hydrogen-bond acceptors (Lipinski definition) is 6. The number of carbonyl (C=O) groups excluding carboxylic acids is 1. The molecular weight excluding hydrogens is 405 g/mol. The van der Waals surface area contributed by atoms with Gasteiger partial charge in [0.15, 0.2) is 10.0 Å². The molecule has 3 rings (SSSR count). The van der Waals surface area contributed by atoms with Crippen molar-refractivity contribution in [3.8, 4) is 11.3 Å². The van der Waals surface area contributed by atoms with E-state index in [-0.39, 0.29) is 9.23 Å². The molecule has 2 N–H and O–H groups in total. The number of hydrazine groups is 1. The Morgan fingerprint density at radius 3 is 2.77 bits per heavy atom. The van der Waals surface area contributed by atoms with Crippen LogP contribution in [0.5, 0.6) is 0 Å². The Morgan fingerprint density at radius 2 is 2.15 bits per heavy atom. The fourth-order valence-corrected chi connectivity index (χ4v) is 3.89. The van der Waals surface area contributed by atoms with Gasteiger partial charge in [-0.05, 0) is 12.1 Å². The molecule has 0 aliphatic heterocycles. The number of nitrogens with zero attached hydrogens (tertiary/aromatic N) is 3. The van der Waals surface area contributed by atoms with E-state index in [9.17, 15) is 17.6 Å². The summed E-state index contributed by atoms with van der Waals surface area (Å²) in [6.07, 6.45) is 4.32. The van der Waals surface area contributed by atoms with Crippen LogP contribution in [0.3, 0.4) is 0 Å². The summed E-state index contributed by atoms with van der Waals surface area (Å²) in [6, 6.07) is 2.57. The van der Waals surface area contributed by atoms with E-state index >= 15 is 0 Å². The second-order valence-electron chi connectivity index (χ2n) is 5.12. The smallest absolute Gasteiger partial charge is 0.269 e. The summed E-state index contributed by atoms with van der Waals surface area (Å²) in [4.78, 5) is 21.9. The van der Waals surface area contributed by atoms with Crippen LogP contribution in [0.15, 0.2) is 40.6 Å². The van der Waals surface area contributed by atoms with Gasteiger partial charge in [-0.3, -0.25) is 15.2 Å². The molecule has 0 saturated carbocycles. The number of hydrogen-bond donors (Lipinski definition) is 2. The number of carbonyl (C=O) groups is 1. The quantitative estimate of drug-likeness (QED) is 0.619. The molecule has 2 aromatic heterocycles. The van der Waals surface area contributed by atoms with Crippen LogP contribution in [0.2, 0.25) is 5.02 Å². The van der Waals surface area contributed by atoms with E-state index in [0.717, 1.165) is 17.5 Å². The van der Waals surface area contributed by atoms with Gasteiger partial charge in [-0.2, -0.15) is 0 Å². The fraction of sp³-hybridized carbons (Fsp3) is 0.0714. The number of benzene rings is 1. The van der Waals surface area contributed by atoms with Crippen LogP contribution in [-0.2, 0) is 17.1 Å². The molecule has 1 aromatic carbocycles. The highest BCUT2D eigenvalue weighted by molar-refractivity contribution is 7.91. The highest BCUT2D eigenvalue weighted by atomic mass is 35.5. The number of sulfonamides is 1. The third kappa shape index (κ3) is 3.75. The van der Waals surface area contributed by atoms with Crippen LogP contribution in [0.1, 0.15) is 10.4 Å². The Morgan fingerprint density at radius 1 is 1.38 bits per heavy atom. The Hall–Kier alpha value is -2.34. The normalized spacial score (nSPS) is 11.5. The molecule has 0 aliphatic carbocycles.